The van der Waals surface area contributed by atoms with Crippen molar-refractivity contribution in [2.24, 2.45) is 0 Å². The maximum absolute atomic E-state index is 11.2. The molecule has 0 aliphatic rings. The molecule has 0 atom stereocenters. The van der Waals surface area contributed by atoms with Gasteiger partial charge in [-0.05, 0) is 19.4 Å². The van der Waals surface area contributed by atoms with Gasteiger partial charge >= 0.3 is 12.0 Å². The van der Waals surface area contributed by atoms with Crippen LogP contribution in [0, 0.1) is 0 Å². The summed E-state index contributed by atoms with van der Waals surface area (Å²) in [6.45, 7) is 5.74. The summed E-state index contributed by atoms with van der Waals surface area (Å²) in [5, 5.41) is 0. The Bertz CT molecular complexity index is 330. The molecule has 23 heavy (non-hydrogen) atoms. The van der Waals surface area contributed by atoms with E-state index in [0.29, 0.717) is 12.2 Å². The Labute approximate surface area is 157 Å². The van der Waals surface area contributed by atoms with Crippen LogP contribution in [0.15, 0.2) is 12.2 Å². The van der Waals surface area contributed by atoms with Crippen LogP contribution in [0.2, 0.25) is 6.04 Å². The van der Waals surface area contributed by atoms with Gasteiger partial charge in [-0.3, -0.25) is 0 Å². The van der Waals surface area contributed by atoms with Crippen molar-refractivity contribution in [1.29, 1.82) is 0 Å². The van der Waals surface area contributed by atoms with E-state index in [1.165, 1.54) is 51.4 Å². The van der Waals surface area contributed by atoms with Crippen molar-refractivity contribution in [2.45, 2.75) is 83.6 Å². The van der Waals surface area contributed by atoms with Crippen LogP contribution in [-0.4, -0.2) is 18.6 Å². The highest BCUT2D eigenvalue weighted by Gasteiger charge is 2.23. The molecule has 0 aliphatic carbocycles. The van der Waals surface area contributed by atoms with Gasteiger partial charge < -0.3 is 4.74 Å². The Morgan fingerprint density at radius 2 is 1.22 bits per heavy atom. The molecule has 0 fully saturated rings. The standard InChI is InChI=1S/C17H31Cl3O2Si/c1-16(2)17(21)22-14-12-10-8-6-4-3-5-7-9-11-13-15-23(18,19)20/h1,3-15H2,2H3. The van der Waals surface area contributed by atoms with E-state index in [-0.39, 0.29) is 5.97 Å². The lowest BCUT2D eigenvalue weighted by molar-refractivity contribution is -0.139. The molecular weight excluding hydrogens is 371 g/mol. The summed E-state index contributed by atoms with van der Waals surface area (Å²) < 4.78 is 5.06. The van der Waals surface area contributed by atoms with Gasteiger partial charge in [0.15, 0.2) is 0 Å². The van der Waals surface area contributed by atoms with Crippen LogP contribution in [0.25, 0.3) is 0 Å². The van der Waals surface area contributed by atoms with Crippen LogP contribution in [0.5, 0.6) is 0 Å². The highest BCUT2D eigenvalue weighted by molar-refractivity contribution is 7.64. The average Bonchev–Trinajstić information content (AvgIpc) is 2.46. The Morgan fingerprint density at radius 3 is 1.61 bits per heavy atom. The first-order valence-corrected chi connectivity index (χ1v) is 14.0. The first kappa shape index (κ1) is 23.3. The molecule has 0 saturated heterocycles. The van der Waals surface area contributed by atoms with Crippen LogP contribution < -0.4 is 0 Å². The fraction of sp³-hybridized carbons (Fsp3) is 0.824. The molecule has 0 radical (unpaired) electrons. The number of unbranched alkanes of at least 4 members (excludes halogenated alkanes) is 10. The van der Waals surface area contributed by atoms with E-state index in [4.69, 9.17) is 38.0 Å². The fourth-order valence-electron chi connectivity index (χ4n) is 2.31. The topological polar surface area (TPSA) is 26.3 Å². The predicted molar refractivity (Wildman–Crippen MR) is 105 cm³/mol. The molecule has 0 unspecified atom stereocenters. The highest BCUT2D eigenvalue weighted by atomic mass is 35.8. The third-order valence-corrected chi connectivity index (χ3v) is 6.31. The van der Waals surface area contributed by atoms with Crippen molar-refractivity contribution in [3.05, 3.63) is 12.2 Å². The van der Waals surface area contributed by atoms with Gasteiger partial charge in [0.2, 0.25) is 0 Å². The van der Waals surface area contributed by atoms with Crippen LogP contribution in [-0.2, 0) is 9.53 Å². The molecule has 0 amide bonds. The van der Waals surface area contributed by atoms with Gasteiger partial charge in [0.25, 0.3) is 0 Å². The lowest BCUT2D eigenvalue weighted by Gasteiger charge is -2.07. The quantitative estimate of drug-likeness (QED) is 0.0965. The average molecular weight is 402 g/mol. The van der Waals surface area contributed by atoms with E-state index in [2.05, 4.69) is 6.58 Å². The Hall–Kier alpha value is 0.297. The van der Waals surface area contributed by atoms with Crippen LogP contribution in [0.4, 0.5) is 0 Å². The summed E-state index contributed by atoms with van der Waals surface area (Å²) in [6, 6.07) is -1.59. The zero-order valence-electron chi connectivity index (χ0n) is 14.3. The SMILES string of the molecule is C=C(C)C(=O)OCCCCCCCCCCCCC[Si](Cl)(Cl)Cl. The van der Waals surface area contributed by atoms with Crippen LogP contribution in [0.3, 0.4) is 0 Å². The van der Waals surface area contributed by atoms with Crippen LogP contribution >= 0.6 is 33.2 Å². The summed E-state index contributed by atoms with van der Waals surface area (Å²) in [5.41, 5.74) is 0.472. The number of hydrogen-bond donors (Lipinski definition) is 0. The van der Waals surface area contributed by atoms with Crippen molar-refractivity contribution in [3.8, 4) is 0 Å². The number of ether oxygens (including phenoxy) is 1. The van der Waals surface area contributed by atoms with Gasteiger partial charge in [0.05, 0.1) is 6.61 Å². The lowest BCUT2D eigenvalue weighted by Crippen LogP contribution is -2.07. The molecule has 0 aliphatic heterocycles. The summed E-state index contributed by atoms with van der Waals surface area (Å²) in [4.78, 5) is 11.2. The summed E-state index contributed by atoms with van der Waals surface area (Å²) >= 11 is 17.5. The van der Waals surface area contributed by atoms with E-state index in [1.807, 2.05) is 0 Å². The van der Waals surface area contributed by atoms with Crippen molar-refractivity contribution in [3.63, 3.8) is 0 Å². The molecule has 0 saturated carbocycles. The number of esters is 1. The molecular formula is C17H31Cl3O2Si. The summed E-state index contributed by atoms with van der Waals surface area (Å²) in [7, 11) is 0. The molecule has 2 nitrogen and oxygen atoms in total. The second-order valence-corrected chi connectivity index (χ2v) is 15.4. The van der Waals surface area contributed by atoms with E-state index >= 15 is 0 Å². The lowest BCUT2D eigenvalue weighted by atomic mass is 10.1. The van der Waals surface area contributed by atoms with Crippen molar-refractivity contribution in [2.75, 3.05) is 6.61 Å². The van der Waals surface area contributed by atoms with Gasteiger partial charge in [-0.2, -0.15) is 0 Å². The zero-order valence-corrected chi connectivity index (χ0v) is 17.6. The Balaban J connectivity index is 3.14. The normalized spacial score (nSPS) is 11.5. The summed E-state index contributed by atoms with van der Waals surface area (Å²) in [6.07, 6.45) is 13.3. The number of halogens is 3. The number of carbonyl (C=O) groups excluding carboxylic acids is 1. The van der Waals surface area contributed by atoms with E-state index in [9.17, 15) is 4.79 Å². The fourth-order valence-corrected chi connectivity index (χ4v) is 4.16. The Morgan fingerprint density at radius 1 is 0.826 bits per heavy atom. The minimum absolute atomic E-state index is 0.277. The van der Waals surface area contributed by atoms with Gasteiger partial charge in [-0.25, -0.2) is 4.79 Å². The molecule has 0 aromatic carbocycles. The third kappa shape index (κ3) is 18.5. The van der Waals surface area contributed by atoms with Crippen molar-refractivity contribution >= 4 is 45.2 Å². The first-order valence-electron chi connectivity index (χ1n) is 8.72. The predicted octanol–water partition coefficient (Wildman–Crippen LogP) is 7.05. The minimum Gasteiger partial charge on any atom is -0.462 e. The Kier molecular flexibility index (Phi) is 14.8. The second kappa shape index (κ2) is 14.6. The molecule has 0 aromatic heterocycles. The zero-order chi connectivity index (χ0) is 17.6. The maximum Gasteiger partial charge on any atom is 0.341 e. The molecule has 0 spiro atoms. The smallest absolute Gasteiger partial charge is 0.341 e. The molecule has 0 rings (SSSR count). The van der Waals surface area contributed by atoms with Gasteiger partial charge in [0, 0.05) is 5.57 Å². The number of carbonyl (C=O) groups is 1. The largest absolute Gasteiger partial charge is 0.462 e. The molecule has 0 bridgehead atoms. The van der Waals surface area contributed by atoms with E-state index in [1.54, 1.807) is 6.92 Å². The minimum atomic E-state index is -2.38. The monoisotopic (exact) mass is 400 g/mol. The van der Waals surface area contributed by atoms with Crippen molar-refractivity contribution < 1.29 is 9.53 Å². The van der Waals surface area contributed by atoms with Gasteiger partial charge in [-0.1, -0.05) is 70.8 Å². The first-order chi connectivity index (χ1) is 10.8. The third-order valence-electron chi connectivity index (χ3n) is 3.69. The molecule has 6 heteroatoms. The molecule has 0 aromatic rings. The molecule has 0 N–H and O–H groups in total. The van der Waals surface area contributed by atoms with Crippen molar-refractivity contribution in [1.82, 2.24) is 0 Å². The van der Waals surface area contributed by atoms with E-state index < -0.39 is 6.00 Å². The number of rotatable bonds is 15. The van der Waals surface area contributed by atoms with Gasteiger partial charge in [0.1, 0.15) is 0 Å². The maximum atomic E-state index is 11.2. The highest BCUT2D eigenvalue weighted by Crippen LogP contribution is 2.27. The summed E-state index contributed by atoms with van der Waals surface area (Å²) in [5.74, 6) is -0.277. The van der Waals surface area contributed by atoms with Crippen LogP contribution in [0.1, 0.15) is 77.6 Å². The number of hydrogen-bond acceptors (Lipinski definition) is 2. The van der Waals surface area contributed by atoms with Gasteiger partial charge in [-0.15, -0.1) is 33.2 Å². The molecule has 0 heterocycles. The molecule has 136 valence electrons. The second-order valence-electron chi connectivity index (χ2n) is 6.17. The van der Waals surface area contributed by atoms with E-state index in [0.717, 1.165) is 25.3 Å².